The summed E-state index contributed by atoms with van der Waals surface area (Å²) in [5, 5.41) is 0. The van der Waals surface area contributed by atoms with Crippen molar-refractivity contribution in [3.05, 3.63) is 0 Å². The predicted molar refractivity (Wildman–Crippen MR) is 126 cm³/mol. The third-order valence-corrected chi connectivity index (χ3v) is 11.7. The van der Waals surface area contributed by atoms with Crippen LogP contribution in [0.1, 0.15) is 105 Å². The van der Waals surface area contributed by atoms with Gasteiger partial charge in [-0.25, -0.2) is 0 Å². The summed E-state index contributed by atoms with van der Waals surface area (Å²) in [6, 6.07) is 0. The van der Waals surface area contributed by atoms with E-state index in [0.29, 0.717) is 40.3 Å². The molecule has 4 rings (SSSR count). The van der Waals surface area contributed by atoms with Crippen LogP contribution in [0.15, 0.2) is 0 Å². The van der Waals surface area contributed by atoms with Gasteiger partial charge in [-0.3, -0.25) is 4.79 Å². The van der Waals surface area contributed by atoms with Crippen LogP contribution in [0.4, 0.5) is 0 Å². The Kier molecular flexibility index (Phi) is 6.36. The number of carbonyl (C=O) groups is 1. The minimum atomic E-state index is 0.124. The number of fused-ring (bicyclic) bond motifs is 5. The maximum Gasteiger partial charge on any atom is 0.150 e. The molecular weight excluding hydrogens is 420 g/mol. The lowest BCUT2D eigenvalue weighted by Gasteiger charge is -2.61. The molecule has 0 aromatic carbocycles. The van der Waals surface area contributed by atoms with E-state index in [1.54, 1.807) is 0 Å². The van der Waals surface area contributed by atoms with Crippen LogP contribution in [0.2, 0.25) is 0 Å². The van der Waals surface area contributed by atoms with Gasteiger partial charge in [0.1, 0.15) is 5.78 Å². The lowest BCUT2D eigenvalue weighted by Crippen LogP contribution is -2.60. The number of ketones is 1. The number of alkyl halides is 1. The molecule has 4 saturated carbocycles. The third-order valence-electron chi connectivity index (χ3n) is 10.6. The average Bonchev–Trinajstić information content (AvgIpc) is 3.02. The molecule has 2 heteroatoms. The zero-order valence-corrected chi connectivity index (χ0v) is 21.3. The Morgan fingerprint density at radius 1 is 0.897 bits per heavy atom. The van der Waals surface area contributed by atoms with Crippen molar-refractivity contribution in [1.29, 1.82) is 0 Å². The van der Waals surface area contributed by atoms with Crippen molar-refractivity contribution >= 4 is 21.7 Å². The third kappa shape index (κ3) is 3.60. The summed E-state index contributed by atoms with van der Waals surface area (Å²) >= 11 is 3.95. The van der Waals surface area contributed by atoms with Crippen LogP contribution < -0.4 is 0 Å². The first-order chi connectivity index (χ1) is 13.7. The van der Waals surface area contributed by atoms with E-state index in [-0.39, 0.29) is 4.83 Å². The van der Waals surface area contributed by atoms with Crippen LogP contribution in [0.3, 0.4) is 0 Å². The molecule has 0 radical (unpaired) electrons. The second-order valence-electron chi connectivity index (χ2n) is 12.4. The van der Waals surface area contributed by atoms with Crippen molar-refractivity contribution in [2.45, 2.75) is 110 Å². The number of hydrogen-bond acceptors (Lipinski definition) is 1. The van der Waals surface area contributed by atoms with Gasteiger partial charge in [-0.15, -0.1) is 0 Å². The Labute approximate surface area is 188 Å². The fourth-order valence-electron chi connectivity index (χ4n) is 9.01. The molecule has 1 nitrogen and oxygen atoms in total. The summed E-state index contributed by atoms with van der Waals surface area (Å²) in [6.45, 7) is 12.4. The van der Waals surface area contributed by atoms with E-state index in [4.69, 9.17) is 0 Å². The number of rotatable bonds is 5. The molecule has 29 heavy (non-hydrogen) atoms. The summed E-state index contributed by atoms with van der Waals surface area (Å²) in [5.74, 6) is 5.30. The SMILES string of the molecule is CC(C)CCC[C@@H](C)[C@H]1CC[C@H]2[C@@H]3C(=O)[C@H](Br)[C@H]4CCCC[C@]4(C)[C@H]3CC[C@]12C. The molecule has 9 atom stereocenters. The van der Waals surface area contributed by atoms with E-state index in [0.717, 1.165) is 17.8 Å². The van der Waals surface area contributed by atoms with Crippen molar-refractivity contribution in [2.75, 3.05) is 0 Å². The van der Waals surface area contributed by atoms with Gasteiger partial charge in [-0.05, 0) is 84.9 Å². The molecule has 4 aliphatic carbocycles. The van der Waals surface area contributed by atoms with Gasteiger partial charge in [0, 0.05) is 5.92 Å². The highest BCUT2D eigenvalue weighted by molar-refractivity contribution is 9.10. The van der Waals surface area contributed by atoms with E-state index >= 15 is 0 Å². The fraction of sp³-hybridized carbons (Fsp3) is 0.963. The summed E-state index contributed by atoms with van der Waals surface area (Å²) in [6.07, 6.45) is 14.8. The second kappa shape index (κ2) is 8.25. The first-order valence-electron chi connectivity index (χ1n) is 12.9. The standard InChI is InChI=1S/C27H45BrO/c1-17(2)9-8-10-18(3)19-12-13-20-23-21(14-16-27(19,20)5)26(4)15-7-6-11-22(26)24(28)25(23)29/h17-24H,6-16H2,1-5H3/t18-,19-,20+,21+,22-,23+,24-,26-,27-/m1/s1. The molecule has 0 amide bonds. The first kappa shape index (κ1) is 22.3. The molecule has 0 spiro atoms. The van der Waals surface area contributed by atoms with Crippen molar-refractivity contribution < 1.29 is 4.79 Å². The van der Waals surface area contributed by atoms with Crippen molar-refractivity contribution in [3.63, 3.8) is 0 Å². The first-order valence-corrected chi connectivity index (χ1v) is 13.8. The van der Waals surface area contributed by atoms with E-state index in [2.05, 4.69) is 50.5 Å². The van der Waals surface area contributed by atoms with Gasteiger partial charge in [0.25, 0.3) is 0 Å². The van der Waals surface area contributed by atoms with Gasteiger partial charge in [-0.2, -0.15) is 0 Å². The highest BCUT2D eigenvalue weighted by atomic mass is 79.9. The Morgan fingerprint density at radius 3 is 2.34 bits per heavy atom. The smallest absolute Gasteiger partial charge is 0.150 e. The van der Waals surface area contributed by atoms with Crippen LogP contribution in [-0.2, 0) is 4.79 Å². The van der Waals surface area contributed by atoms with Crippen molar-refractivity contribution in [2.24, 2.45) is 52.3 Å². The van der Waals surface area contributed by atoms with E-state index < -0.39 is 0 Å². The molecule has 4 fully saturated rings. The van der Waals surface area contributed by atoms with E-state index in [1.165, 1.54) is 70.6 Å². The molecule has 0 unspecified atom stereocenters. The van der Waals surface area contributed by atoms with Crippen LogP contribution in [0.25, 0.3) is 0 Å². The Hall–Kier alpha value is 0.150. The van der Waals surface area contributed by atoms with Gasteiger partial charge in [0.05, 0.1) is 4.83 Å². The molecule has 0 aromatic heterocycles. The van der Waals surface area contributed by atoms with Gasteiger partial charge < -0.3 is 0 Å². The maximum atomic E-state index is 13.7. The molecular formula is C27H45BrO. The minimum absolute atomic E-state index is 0.124. The number of Topliss-reactive ketones (excluding diaryl/α,β-unsaturated/α-hetero) is 1. The summed E-state index contributed by atoms with van der Waals surface area (Å²) in [4.78, 5) is 13.8. The molecule has 0 heterocycles. The maximum absolute atomic E-state index is 13.7. The van der Waals surface area contributed by atoms with Gasteiger partial charge >= 0.3 is 0 Å². The molecule has 0 aliphatic heterocycles. The molecule has 0 aromatic rings. The Morgan fingerprint density at radius 2 is 1.62 bits per heavy atom. The zero-order valence-electron chi connectivity index (χ0n) is 19.7. The molecule has 4 aliphatic rings. The van der Waals surface area contributed by atoms with Gasteiger partial charge in [-0.1, -0.05) is 82.7 Å². The number of carbonyl (C=O) groups excluding carboxylic acids is 1. The quantitative estimate of drug-likeness (QED) is 0.375. The Balaban J connectivity index is 1.55. The van der Waals surface area contributed by atoms with E-state index in [1.807, 2.05) is 0 Å². The summed E-state index contributed by atoms with van der Waals surface area (Å²) in [5.41, 5.74) is 0.798. The highest BCUT2D eigenvalue weighted by Gasteiger charge is 2.64. The van der Waals surface area contributed by atoms with Crippen LogP contribution in [0.5, 0.6) is 0 Å². The van der Waals surface area contributed by atoms with Crippen molar-refractivity contribution in [1.82, 2.24) is 0 Å². The Bertz CT molecular complexity index is 614. The largest absolute Gasteiger partial charge is 0.298 e. The zero-order chi connectivity index (χ0) is 21.0. The topological polar surface area (TPSA) is 17.1 Å². The van der Waals surface area contributed by atoms with Crippen LogP contribution in [0, 0.1) is 52.3 Å². The fourth-order valence-corrected chi connectivity index (χ4v) is 10.2. The van der Waals surface area contributed by atoms with Crippen LogP contribution in [-0.4, -0.2) is 10.6 Å². The van der Waals surface area contributed by atoms with Gasteiger partial charge in [0.15, 0.2) is 0 Å². The molecule has 0 bridgehead atoms. The van der Waals surface area contributed by atoms with Crippen molar-refractivity contribution in [3.8, 4) is 0 Å². The minimum Gasteiger partial charge on any atom is -0.298 e. The number of halogens is 1. The van der Waals surface area contributed by atoms with Crippen LogP contribution >= 0.6 is 15.9 Å². The molecule has 0 saturated heterocycles. The lowest BCUT2D eigenvalue weighted by atomic mass is 9.44. The van der Waals surface area contributed by atoms with E-state index in [9.17, 15) is 4.79 Å². The average molecular weight is 466 g/mol. The normalized spacial score (nSPS) is 48.2. The predicted octanol–water partition coefficient (Wildman–Crippen LogP) is 8.05. The lowest BCUT2D eigenvalue weighted by molar-refractivity contribution is -0.154. The monoisotopic (exact) mass is 464 g/mol. The highest BCUT2D eigenvalue weighted by Crippen LogP contribution is 2.68. The number of hydrogen-bond donors (Lipinski definition) is 0. The van der Waals surface area contributed by atoms with Gasteiger partial charge in [0.2, 0.25) is 0 Å². The molecule has 0 N–H and O–H groups in total. The summed E-state index contributed by atoms with van der Waals surface area (Å²) < 4.78 is 0. The summed E-state index contributed by atoms with van der Waals surface area (Å²) in [7, 11) is 0. The second-order valence-corrected chi connectivity index (χ2v) is 13.4. The molecule has 166 valence electrons.